The fourth-order valence-electron chi connectivity index (χ4n) is 1.37. The average molecular weight is 207 g/mol. The molecule has 0 aliphatic carbocycles. The summed E-state index contributed by atoms with van der Waals surface area (Å²) in [5, 5.41) is 2.62. The number of hydrogen-bond donors (Lipinski definition) is 1. The number of carbonyl (C=O) groups is 1. The number of hydrogen-bond acceptors (Lipinski definition) is 2. The lowest BCUT2D eigenvalue weighted by Gasteiger charge is -2.16. The molecule has 0 bridgehead atoms. The van der Waals surface area contributed by atoms with Gasteiger partial charge in [0.1, 0.15) is 6.10 Å². The van der Waals surface area contributed by atoms with E-state index in [2.05, 4.69) is 5.32 Å². The Balaban J connectivity index is 2.61. The topological polar surface area (TPSA) is 38.3 Å². The van der Waals surface area contributed by atoms with E-state index in [1.807, 2.05) is 44.2 Å². The van der Waals surface area contributed by atoms with E-state index in [0.29, 0.717) is 6.54 Å². The van der Waals surface area contributed by atoms with Gasteiger partial charge in [-0.25, -0.2) is 4.79 Å². The van der Waals surface area contributed by atoms with Crippen LogP contribution in [-0.4, -0.2) is 12.6 Å². The molecule has 0 radical (unpaired) electrons. The van der Waals surface area contributed by atoms with E-state index in [-0.39, 0.29) is 12.2 Å². The van der Waals surface area contributed by atoms with Crippen LogP contribution in [0.15, 0.2) is 30.3 Å². The van der Waals surface area contributed by atoms with Crippen LogP contribution in [0.4, 0.5) is 4.79 Å². The summed E-state index contributed by atoms with van der Waals surface area (Å²) in [4.78, 5) is 11.3. The zero-order valence-electron chi connectivity index (χ0n) is 9.19. The molecule has 0 saturated heterocycles. The van der Waals surface area contributed by atoms with Gasteiger partial charge in [0.2, 0.25) is 0 Å². The van der Waals surface area contributed by atoms with Crippen LogP contribution in [0.3, 0.4) is 0 Å². The van der Waals surface area contributed by atoms with Crippen molar-refractivity contribution in [1.82, 2.24) is 5.32 Å². The predicted molar refractivity (Wildman–Crippen MR) is 59.6 cm³/mol. The second-order valence-electron chi connectivity index (χ2n) is 3.24. The summed E-state index contributed by atoms with van der Waals surface area (Å²) < 4.78 is 5.28. The fraction of sp³-hybridized carbons (Fsp3) is 0.417. The van der Waals surface area contributed by atoms with Gasteiger partial charge in [0.15, 0.2) is 0 Å². The molecule has 1 unspecified atom stereocenters. The first-order chi connectivity index (χ1) is 7.27. The minimum Gasteiger partial charge on any atom is -0.441 e. The summed E-state index contributed by atoms with van der Waals surface area (Å²) in [7, 11) is 0. The molecule has 1 aromatic carbocycles. The lowest BCUT2D eigenvalue weighted by atomic mass is 10.1. The molecule has 82 valence electrons. The maximum atomic E-state index is 11.3. The molecule has 15 heavy (non-hydrogen) atoms. The Bertz CT molecular complexity index is 298. The van der Waals surface area contributed by atoms with E-state index in [9.17, 15) is 4.79 Å². The molecule has 0 aliphatic heterocycles. The molecule has 1 N–H and O–H groups in total. The van der Waals surface area contributed by atoms with Gasteiger partial charge < -0.3 is 10.1 Å². The summed E-state index contributed by atoms with van der Waals surface area (Å²) in [6, 6.07) is 9.77. The summed E-state index contributed by atoms with van der Waals surface area (Å²) >= 11 is 0. The van der Waals surface area contributed by atoms with E-state index >= 15 is 0 Å². The minimum absolute atomic E-state index is 0.155. The molecule has 0 spiro atoms. The first kappa shape index (κ1) is 11.6. The Morgan fingerprint density at radius 3 is 2.53 bits per heavy atom. The van der Waals surface area contributed by atoms with Crippen molar-refractivity contribution in [3.63, 3.8) is 0 Å². The van der Waals surface area contributed by atoms with Crippen LogP contribution >= 0.6 is 0 Å². The summed E-state index contributed by atoms with van der Waals surface area (Å²) in [6.45, 7) is 4.45. The first-order valence-corrected chi connectivity index (χ1v) is 5.27. The quantitative estimate of drug-likeness (QED) is 0.824. The van der Waals surface area contributed by atoms with Crippen molar-refractivity contribution in [2.45, 2.75) is 26.4 Å². The van der Waals surface area contributed by atoms with Gasteiger partial charge in [-0.15, -0.1) is 0 Å². The second-order valence-corrected chi connectivity index (χ2v) is 3.24. The molecular formula is C12H17NO2. The van der Waals surface area contributed by atoms with Crippen LogP contribution in [0.2, 0.25) is 0 Å². The largest absolute Gasteiger partial charge is 0.441 e. The molecule has 0 aliphatic rings. The molecule has 1 atom stereocenters. The van der Waals surface area contributed by atoms with Crippen molar-refractivity contribution in [3.05, 3.63) is 35.9 Å². The van der Waals surface area contributed by atoms with Gasteiger partial charge in [-0.3, -0.25) is 0 Å². The molecule has 0 saturated carbocycles. The van der Waals surface area contributed by atoms with Crippen LogP contribution < -0.4 is 5.32 Å². The lowest BCUT2D eigenvalue weighted by molar-refractivity contribution is 0.0957. The molecule has 3 nitrogen and oxygen atoms in total. The molecule has 0 aromatic heterocycles. The third-order valence-electron chi connectivity index (χ3n) is 2.11. The Hall–Kier alpha value is -1.51. The molecule has 1 rings (SSSR count). The number of amides is 1. The van der Waals surface area contributed by atoms with E-state index in [0.717, 1.165) is 12.0 Å². The van der Waals surface area contributed by atoms with E-state index in [1.54, 1.807) is 0 Å². The maximum Gasteiger partial charge on any atom is 0.407 e. The fourth-order valence-corrected chi connectivity index (χ4v) is 1.37. The Morgan fingerprint density at radius 1 is 1.33 bits per heavy atom. The molecule has 1 amide bonds. The van der Waals surface area contributed by atoms with Crippen molar-refractivity contribution in [1.29, 1.82) is 0 Å². The molecular weight excluding hydrogens is 190 g/mol. The highest BCUT2D eigenvalue weighted by Gasteiger charge is 2.13. The number of ether oxygens (including phenoxy) is 1. The van der Waals surface area contributed by atoms with Gasteiger partial charge in [0, 0.05) is 6.54 Å². The van der Waals surface area contributed by atoms with E-state index in [4.69, 9.17) is 4.74 Å². The summed E-state index contributed by atoms with van der Waals surface area (Å²) in [5.74, 6) is 0. The monoisotopic (exact) mass is 207 g/mol. The number of nitrogens with one attached hydrogen (secondary N) is 1. The molecule has 0 fully saturated rings. The lowest BCUT2D eigenvalue weighted by Crippen LogP contribution is -2.25. The molecule has 1 aromatic rings. The highest BCUT2D eigenvalue weighted by Crippen LogP contribution is 2.20. The Kier molecular flexibility index (Phi) is 4.68. The Morgan fingerprint density at radius 2 is 2.00 bits per heavy atom. The van der Waals surface area contributed by atoms with Crippen molar-refractivity contribution in [2.75, 3.05) is 6.54 Å². The number of carbonyl (C=O) groups excluding carboxylic acids is 1. The van der Waals surface area contributed by atoms with Crippen LogP contribution in [0.5, 0.6) is 0 Å². The van der Waals surface area contributed by atoms with Gasteiger partial charge >= 0.3 is 6.09 Å². The normalized spacial score (nSPS) is 11.9. The van der Waals surface area contributed by atoms with E-state index < -0.39 is 0 Å². The maximum absolute atomic E-state index is 11.3. The average Bonchev–Trinajstić information content (AvgIpc) is 2.27. The number of alkyl carbamates (subject to hydrolysis) is 1. The highest BCUT2D eigenvalue weighted by molar-refractivity contribution is 5.67. The van der Waals surface area contributed by atoms with Gasteiger partial charge in [-0.05, 0) is 18.9 Å². The van der Waals surface area contributed by atoms with Crippen LogP contribution in [0.1, 0.15) is 31.9 Å². The smallest absolute Gasteiger partial charge is 0.407 e. The third-order valence-corrected chi connectivity index (χ3v) is 2.11. The third kappa shape index (κ3) is 3.62. The van der Waals surface area contributed by atoms with Crippen LogP contribution in [0, 0.1) is 0 Å². The highest BCUT2D eigenvalue weighted by atomic mass is 16.6. The number of rotatable bonds is 4. The van der Waals surface area contributed by atoms with Crippen LogP contribution in [0.25, 0.3) is 0 Å². The molecule has 3 heteroatoms. The van der Waals surface area contributed by atoms with Gasteiger partial charge in [0.25, 0.3) is 0 Å². The molecule has 0 heterocycles. The minimum atomic E-state index is -0.354. The van der Waals surface area contributed by atoms with Crippen molar-refractivity contribution in [2.24, 2.45) is 0 Å². The van der Waals surface area contributed by atoms with Crippen molar-refractivity contribution >= 4 is 6.09 Å². The van der Waals surface area contributed by atoms with Crippen LogP contribution in [-0.2, 0) is 4.74 Å². The SMILES string of the molecule is CCNC(=O)OC(CC)c1ccccc1. The Labute approximate surface area is 90.4 Å². The summed E-state index contributed by atoms with van der Waals surface area (Å²) in [6.07, 6.45) is 0.271. The standard InChI is InChI=1S/C12H17NO2/c1-3-11(15-12(14)13-4-2)10-8-6-5-7-9-10/h5-9,11H,3-4H2,1-2H3,(H,13,14). The van der Waals surface area contributed by atoms with Crippen molar-refractivity contribution < 1.29 is 9.53 Å². The van der Waals surface area contributed by atoms with Gasteiger partial charge in [-0.1, -0.05) is 37.3 Å². The summed E-state index contributed by atoms with van der Waals surface area (Å²) in [5.41, 5.74) is 1.03. The zero-order chi connectivity index (χ0) is 11.1. The van der Waals surface area contributed by atoms with Crippen molar-refractivity contribution in [3.8, 4) is 0 Å². The predicted octanol–water partition coefficient (Wildman–Crippen LogP) is 2.88. The zero-order valence-corrected chi connectivity index (χ0v) is 9.19. The van der Waals surface area contributed by atoms with E-state index in [1.165, 1.54) is 0 Å². The second kappa shape index (κ2) is 6.06. The van der Waals surface area contributed by atoms with Gasteiger partial charge in [0.05, 0.1) is 0 Å². The number of benzene rings is 1. The first-order valence-electron chi connectivity index (χ1n) is 5.27. The van der Waals surface area contributed by atoms with Gasteiger partial charge in [-0.2, -0.15) is 0 Å².